The molecular weight excluding hydrogens is 316 g/mol. The molecule has 0 bridgehead atoms. The zero-order valence-corrected chi connectivity index (χ0v) is 13.6. The lowest BCUT2D eigenvalue weighted by Crippen LogP contribution is -2.45. The van der Waals surface area contributed by atoms with Crippen LogP contribution in [0.15, 0.2) is 28.4 Å². The van der Waals surface area contributed by atoms with Crippen molar-refractivity contribution in [3.05, 3.63) is 29.7 Å². The Hall–Kier alpha value is -2.15. The first-order chi connectivity index (χ1) is 11.0. The highest BCUT2D eigenvalue weighted by Gasteiger charge is 2.33. The maximum absolute atomic E-state index is 12.4. The molecule has 1 saturated heterocycles. The minimum atomic E-state index is -0.770. The predicted octanol–water partition coefficient (Wildman–Crippen LogP) is 2.51. The Kier molecular flexibility index (Phi) is 4.47. The molecule has 3 heterocycles. The lowest BCUT2D eigenvalue weighted by atomic mass is 9.87. The second-order valence-corrected chi connectivity index (χ2v) is 6.74. The Morgan fingerprint density at radius 1 is 1.52 bits per heavy atom. The third-order valence-corrected chi connectivity index (χ3v) is 5.17. The monoisotopic (exact) mass is 334 g/mol. The highest BCUT2D eigenvalue weighted by molar-refractivity contribution is 7.13. The first kappa shape index (κ1) is 15.7. The summed E-state index contributed by atoms with van der Waals surface area (Å²) in [4.78, 5) is 29.8. The molecule has 1 aliphatic heterocycles. The molecule has 7 heteroatoms. The summed E-state index contributed by atoms with van der Waals surface area (Å²) in [6.45, 7) is 2.88. The summed E-state index contributed by atoms with van der Waals surface area (Å²) >= 11 is 1.48. The molecular formula is C16H18N2O4S. The maximum Gasteiger partial charge on any atom is 0.306 e. The lowest BCUT2D eigenvalue weighted by Gasteiger charge is -2.34. The van der Waals surface area contributed by atoms with Crippen LogP contribution in [0.25, 0.3) is 10.6 Å². The zero-order valence-electron chi connectivity index (χ0n) is 12.8. The van der Waals surface area contributed by atoms with Crippen LogP contribution in [-0.2, 0) is 16.0 Å². The summed E-state index contributed by atoms with van der Waals surface area (Å²) < 4.78 is 5.04. The summed E-state index contributed by atoms with van der Waals surface area (Å²) in [6.07, 6.45) is 3.98. The van der Waals surface area contributed by atoms with E-state index in [-0.39, 0.29) is 24.2 Å². The number of aromatic nitrogens is 1. The number of carbonyl (C=O) groups is 2. The number of piperidine rings is 1. The second-order valence-electron chi connectivity index (χ2n) is 5.88. The molecule has 122 valence electrons. The van der Waals surface area contributed by atoms with Gasteiger partial charge in [-0.25, -0.2) is 4.98 Å². The van der Waals surface area contributed by atoms with E-state index in [1.165, 1.54) is 11.3 Å². The number of aliphatic carboxylic acids is 1. The number of thiazole rings is 1. The lowest BCUT2D eigenvalue weighted by molar-refractivity contribution is -0.148. The van der Waals surface area contributed by atoms with Crippen molar-refractivity contribution in [2.75, 3.05) is 13.1 Å². The Morgan fingerprint density at radius 3 is 3.00 bits per heavy atom. The van der Waals surface area contributed by atoms with Crippen molar-refractivity contribution in [1.29, 1.82) is 0 Å². The van der Waals surface area contributed by atoms with Crippen LogP contribution in [0.1, 0.15) is 19.0 Å². The molecule has 1 fully saturated rings. The van der Waals surface area contributed by atoms with Crippen LogP contribution in [0.5, 0.6) is 0 Å². The van der Waals surface area contributed by atoms with Crippen molar-refractivity contribution >= 4 is 23.2 Å². The number of carbonyl (C=O) groups excluding carboxylic acids is 1. The topological polar surface area (TPSA) is 83.6 Å². The summed E-state index contributed by atoms with van der Waals surface area (Å²) in [7, 11) is 0. The maximum atomic E-state index is 12.4. The molecule has 1 N–H and O–H groups in total. The van der Waals surface area contributed by atoms with Crippen molar-refractivity contribution in [1.82, 2.24) is 9.88 Å². The van der Waals surface area contributed by atoms with E-state index in [9.17, 15) is 9.59 Å². The van der Waals surface area contributed by atoms with Crippen molar-refractivity contribution in [2.45, 2.75) is 19.8 Å². The van der Waals surface area contributed by atoms with E-state index < -0.39 is 5.97 Å². The van der Waals surface area contributed by atoms with Gasteiger partial charge >= 0.3 is 5.97 Å². The van der Waals surface area contributed by atoms with Crippen LogP contribution in [-0.4, -0.2) is 40.0 Å². The van der Waals surface area contributed by atoms with E-state index in [4.69, 9.17) is 9.52 Å². The molecule has 0 radical (unpaired) electrons. The zero-order chi connectivity index (χ0) is 16.4. The van der Waals surface area contributed by atoms with Gasteiger partial charge in [0.15, 0.2) is 0 Å². The van der Waals surface area contributed by atoms with Gasteiger partial charge in [0, 0.05) is 24.0 Å². The highest BCUT2D eigenvalue weighted by Crippen LogP contribution is 2.26. The summed E-state index contributed by atoms with van der Waals surface area (Å²) in [5, 5.41) is 11.9. The van der Waals surface area contributed by atoms with Gasteiger partial charge < -0.3 is 14.4 Å². The van der Waals surface area contributed by atoms with Gasteiger partial charge in [-0.2, -0.15) is 0 Å². The van der Waals surface area contributed by atoms with Crippen LogP contribution in [0.4, 0.5) is 0 Å². The van der Waals surface area contributed by atoms with Crippen molar-refractivity contribution in [3.8, 4) is 10.6 Å². The first-order valence-corrected chi connectivity index (χ1v) is 8.40. The first-order valence-electron chi connectivity index (χ1n) is 7.52. The number of carboxylic acid groups (broad SMARTS) is 1. The largest absolute Gasteiger partial charge is 0.481 e. The quantitative estimate of drug-likeness (QED) is 0.929. The Balaban J connectivity index is 1.61. The number of nitrogens with zero attached hydrogens (tertiary/aromatic N) is 2. The number of rotatable bonds is 4. The van der Waals surface area contributed by atoms with Gasteiger partial charge in [0.25, 0.3) is 0 Å². The summed E-state index contributed by atoms with van der Waals surface area (Å²) in [5.41, 5.74) is 1.65. The molecule has 3 rings (SSSR count). The Morgan fingerprint density at radius 2 is 2.35 bits per heavy atom. The van der Waals surface area contributed by atoms with Crippen LogP contribution in [0, 0.1) is 11.8 Å². The molecule has 6 nitrogen and oxygen atoms in total. The Bertz CT molecular complexity index is 695. The predicted molar refractivity (Wildman–Crippen MR) is 85.0 cm³/mol. The molecule has 0 spiro atoms. The summed E-state index contributed by atoms with van der Waals surface area (Å²) in [5.74, 6) is -1.15. The van der Waals surface area contributed by atoms with Crippen LogP contribution in [0.2, 0.25) is 0 Å². The number of furan rings is 1. The molecule has 1 amide bonds. The van der Waals surface area contributed by atoms with Crippen LogP contribution < -0.4 is 0 Å². The average molecular weight is 334 g/mol. The van der Waals surface area contributed by atoms with Gasteiger partial charge in [-0.1, -0.05) is 6.92 Å². The van der Waals surface area contributed by atoms with Crippen LogP contribution >= 0.6 is 11.3 Å². The molecule has 1 aliphatic rings. The Labute approximate surface area is 137 Å². The van der Waals surface area contributed by atoms with Gasteiger partial charge in [0.1, 0.15) is 11.3 Å². The smallest absolute Gasteiger partial charge is 0.306 e. The molecule has 2 aromatic rings. The number of carboxylic acids is 1. The molecule has 2 atom stereocenters. The standard InChI is InChI=1S/C16H18N2O4S/c1-10-7-18(4-2-13(10)16(20)21)14(19)6-12-9-23-15(17-12)11-3-5-22-8-11/h3,5,8-10,13H,2,4,6-7H2,1H3,(H,20,21). The van der Waals surface area contributed by atoms with E-state index >= 15 is 0 Å². The molecule has 0 aliphatic carbocycles. The second kappa shape index (κ2) is 6.54. The molecule has 23 heavy (non-hydrogen) atoms. The van der Waals surface area contributed by atoms with E-state index in [2.05, 4.69) is 4.98 Å². The van der Waals surface area contributed by atoms with Crippen molar-refractivity contribution < 1.29 is 19.1 Å². The normalized spacial score (nSPS) is 21.3. The van der Waals surface area contributed by atoms with Crippen molar-refractivity contribution in [2.24, 2.45) is 11.8 Å². The number of amides is 1. The van der Waals surface area contributed by atoms with Gasteiger partial charge in [0.05, 0.1) is 24.3 Å². The van der Waals surface area contributed by atoms with Crippen molar-refractivity contribution in [3.63, 3.8) is 0 Å². The van der Waals surface area contributed by atoms with Gasteiger partial charge in [0.2, 0.25) is 5.91 Å². The van der Waals surface area contributed by atoms with E-state index in [0.29, 0.717) is 19.5 Å². The van der Waals surface area contributed by atoms with E-state index in [0.717, 1.165) is 16.3 Å². The minimum absolute atomic E-state index is 0.00438. The van der Waals surface area contributed by atoms with Gasteiger partial charge in [-0.05, 0) is 18.4 Å². The van der Waals surface area contributed by atoms with E-state index in [1.807, 2.05) is 18.4 Å². The molecule has 2 unspecified atom stereocenters. The fourth-order valence-electron chi connectivity index (χ4n) is 2.91. The molecule has 0 saturated carbocycles. The molecule has 0 aromatic carbocycles. The third-order valence-electron chi connectivity index (χ3n) is 4.23. The summed E-state index contributed by atoms with van der Waals surface area (Å²) in [6, 6.07) is 1.84. The van der Waals surface area contributed by atoms with Gasteiger partial charge in [-0.15, -0.1) is 11.3 Å². The SMILES string of the molecule is CC1CN(C(=O)Cc2csc(-c3ccoc3)n2)CCC1C(=O)O. The molecule has 2 aromatic heterocycles. The highest BCUT2D eigenvalue weighted by atomic mass is 32.1. The minimum Gasteiger partial charge on any atom is -0.481 e. The fraction of sp³-hybridized carbons (Fsp3) is 0.438. The number of likely N-dealkylation sites (tertiary alicyclic amines) is 1. The average Bonchev–Trinajstić information content (AvgIpc) is 3.17. The van der Waals surface area contributed by atoms with E-state index in [1.54, 1.807) is 17.4 Å². The fourth-order valence-corrected chi connectivity index (χ4v) is 3.72. The van der Waals surface area contributed by atoms with Gasteiger partial charge in [-0.3, -0.25) is 9.59 Å². The van der Waals surface area contributed by atoms with Crippen LogP contribution in [0.3, 0.4) is 0 Å². The third kappa shape index (κ3) is 3.44. The number of hydrogen-bond acceptors (Lipinski definition) is 5. The number of hydrogen-bond donors (Lipinski definition) is 1.